The molecule has 0 aliphatic rings. The molecule has 0 radical (unpaired) electrons. The molecule has 0 fully saturated rings. The van der Waals surface area contributed by atoms with Crippen molar-refractivity contribution in [3.63, 3.8) is 0 Å². The lowest BCUT2D eigenvalue weighted by molar-refractivity contribution is -0.115. The van der Waals surface area contributed by atoms with Gasteiger partial charge in [-0.05, 0) is 65.3 Å². The van der Waals surface area contributed by atoms with Crippen molar-refractivity contribution in [2.45, 2.75) is 46.7 Å². The zero-order valence-electron chi connectivity index (χ0n) is 19.9. The highest BCUT2D eigenvalue weighted by Crippen LogP contribution is 2.33. The number of anilines is 1. The molecular formula is C27H32N4O3. The number of carbonyl (C=O) groups excluding carboxylic acids is 1. The lowest BCUT2D eigenvalue weighted by atomic mass is 9.88. The number of aromatic carboxylic acids is 1. The van der Waals surface area contributed by atoms with Crippen molar-refractivity contribution in [2.24, 2.45) is 17.4 Å². The SMILES string of the molecule is Cc1nc(CC(C)C)c(CN)c(-c2ccc(CN)cc2)c1CC(=O)Nc1cccc(C(=O)O)c1. The third-order valence-corrected chi connectivity index (χ3v) is 5.71. The van der Waals surface area contributed by atoms with E-state index in [-0.39, 0.29) is 17.9 Å². The molecule has 0 unspecified atom stereocenters. The number of rotatable bonds is 9. The van der Waals surface area contributed by atoms with Gasteiger partial charge in [-0.1, -0.05) is 44.2 Å². The van der Waals surface area contributed by atoms with E-state index in [4.69, 9.17) is 16.5 Å². The summed E-state index contributed by atoms with van der Waals surface area (Å²) < 4.78 is 0. The topological polar surface area (TPSA) is 131 Å². The Kier molecular flexibility index (Phi) is 8.15. The molecule has 0 atom stereocenters. The molecule has 0 spiro atoms. The standard InChI is InChI=1S/C27H32N4O3/c1-16(2)11-24-23(15-29)26(19-9-7-18(14-28)8-10-19)22(17(3)30-24)13-25(32)31-21-6-4-5-20(12-21)27(33)34/h4-10,12,16H,11,13-15,28-29H2,1-3H3,(H,31,32)(H,33,34). The van der Waals surface area contributed by atoms with Crippen molar-refractivity contribution in [3.8, 4) is 11.1 Å². The molecule has 0 aliphatic carbocycles. The molecule has 0 bridgehead atoms. The number of nitrogens with zero attached hydrogens (tertiary/aromatic N) is 1. The Morgan fingerprint density at radius 2 is 1.74 bits per heavy atom. The Morgan fingerprint density at radius 3 is 2.32 bits per heavy atom. The van der Waals surface area contributed by atoms with Crippen molar-refractivity contribution >= 4 is 17.6 Å². The molecule has 6 N–H and O–H groups in total. The van der Waals surface area contributed by atoms with Crippen molar-refractivity contribution in [2.75, 3.05) is 5.32 Å². The van der Waals surface area contributed by atoms with Gasteiger partial charge in [-0.3, -0.25) is 9.78 Å². The van der Waals surface area contributed by atoms with Crippen LogP contribution in [0.3, 0.4) is 0 Å². The maximum atomic E-state index is 13.0. The number of carboxylic acids is 1. The first-order valence-electron chi connectivity index (χ1n) is 11.4. The summed E-state index contributed by atoms with van der Waals surface area (Å²) in [5.74, 6) is -0.903. The summed E-state index contributed by atoms with van der Waals surface area (Å²) in [6.07, 6.45) is 0.870. The minimum Gasteiger partial charge on any atom is -0.478 e. The van der Waals surface area contributed by atoms with Crippen LogP contribution in [-0.2, 0) is 30.7 Å². The van der Waals surface area contributed by atoms with Gasteiger partial charge in [-0.2, -0.15) is 0 Å². The summed E-state index contributed by atoms with van der Waals surface area (Å²) in [7, 11) is 0. The second kappa shape index (κ2) is 11.0. The fraction of sp³-hybridized carbons (Fsp3) is 0.296. The summed E-state index contributed by atoms with van der Waals surface area (Å²) in [6.45, 7) is 6.94. The molecule has 0 aliphatic heterocycles. The van der Waals surface area contributed by atoms with Crippen LogP contribution in [0, 0.1) is 12.8 Å². The van der Waals surface area contributed by atoms with Gasteiger partial charge in [0.15, 0.2) is 0 Å². The van der Waals surface area contributed by atoms with Crippen LogP contribution in [0.1, 0.15) is 52.3 Å². The molecule has 2 aromatic carbocycles. The molecule has 1 aromatic heterocycles. The van der Waals surface area contributed by atoms with Crippen LogP contribution in [0.4, 0.5) is 5.69 Å². The average Bonchev–Trinajstić information content (AvgIpc) is 2.80. The van der Waals surface area contributed by atoms with E-state index in [0.717, 1.165) is 45.6 Å². The van der Waals surface area contributed by atoms with Crippen LogP contribution in [-0.4, -0.2) is 22.0 Å². The number of hydrogen-bond donors (Lipinski definition) is 4. The molecule has 7 heteroatoms. The Morgan fingerprint density at radius 1 is 1.03 bits per heavy atom. The predicted octanol–water partition coefficient (Wildman–Crippen LogP) is 4.05. The maximum absolute atomic E-state index is 13.0. The van der Waals surface area contributed by atoms with E-state index >= 15 is 0 Å². The largest absolute Gasteiger partial charge is 0.478 e. The van der Waals surface area contributed by atoms with E-state index in [1.165, 1.54) is 12.1 Å². The van der Waals surface area contributed by atoms with Gasteiger partial charge < -0.3 is 21.9 Å². The van der Waals surface area contributed by atoms with Gasteiger partial charge in [0.2, 0.25) is 5.91 Å². The van der Waals surface area contributed by atoms with Crippen LogP contribution < -0.4 is 16.8 Å². The summed E-state index contributed by atoms with van der Waals surface area (Å²) in [5.41, 5.74) is 18.9. The monoisotopic (exact) mass is 460 g/mol. The number of amides is 1. The van der Waals surface area contributed by atoms with E-state index in [0.29, 0.717) is 24.7 Å². The molecule has 7 nitrogen and oxygen atoms in total. The van der Waals surface area contributed by atoms with Crippen LogP contribution in [0.25, 0.3) is 11.1 Å². The number of aromatic nitrogens is 1. The number of carboxylic acid groups (broad SMARTS) is 1. The van der Waals surface area contributed by atoms with Crippen LogP contribution >= 0.6 is 0 Å². The molecule has 0 saturated carbocycles. The van der Waals surface area contributed by atoms with Gasteiger partial charge in [0, 0.05) is 30.2 Å². The number of pyridine rings is 1. The fourth-order valence-corrected chi connectivity index (χ4v) is 4.09. The zero-order valence-corrected chi connectivity index (χ0v) is 19.9. The van der Waals surface area contributed by atoms with Crippen molar-refractivity contribution in [1.29, 1.82) is 0 Å². The first-order valence-corrected chi connectivity index (χ1v) is 11.4. The fourth-order valence-electron chi connectivity index (χ4n) is 4.09. The average molecular weight is 461 g/mol. The molecule has 3 rings (SSSR count). The summed E-state index contributed by atoms with van der Waals surface area (Å²) in [4.78, 5) is 29.1. The van der Waals surface area contributed by atoms with Crippen molar-refractivity contribution in [1.82, 2.24) is 4.98 Å². The van der Waals surface area contributed by atoms with E-state index in [2.05, 4.69) is 19.2 Å². The smallest absolute Gasteiger partial charge is 0.335 e. The van der Waals surface area contributed by atoms with Gasteiger partial charge in [0.1, 0.15) is 0 Å². The van der Waals surface area contributed by atoms with Gasteiger partial charge in [0.05, 0.1) is 12.0 Å². The van der Waals surface area contributed by atoms with Crippen LogP contribution in [0.5, 0.6) is 0 Å². The Bertz CT molecular complexity index is 1190. The van der Waals surface area contributed by atoms with Gasteiger partial charge in [0.25, 0.3) is 0 Å². The number of aryl methyl sites for hydroxylation is 1. The Balaban J connectivity index is 2.05. The molecule has 3 aromatic rings. The second-order valence-electron chi connectivity index (χ2n) is 8.79. The highest BCUT2D eigenvalue weighted by molar-refractivity contribution is 5.96. The number of hydrogen-bond acceptors (Lipinski definition) is 5. The summed E-state index contributed by atoms with van der Waals surface area (Å²) >= 11 is 0. The molecule has 1 amide bonds. The Labute approximate surface area is 200 Å². The van der Waals surface area contributed by atoms with Gasteiger partial charge in [-0.25, -0.2) is 4.79 Å². The van der Waals surface area contributed by atoms with Crippen LogP contribution in [0.15, 0.2) is 48.5 Å². The minimum atomic E-state index is -1.05. The first-order chi connectivity index (χ1) is 16.2. The number of carbonyl (C=O) groups is 2. The lowest BCUT2D eigenvalue weighted by Crippen LogP contribution is -2.19. The number of nitrogens with two attached hydrogens (primary N) is 2. The molecular weight excluding hydrogens is 428 g/mol. The predicted molar refractivity (Wildman–Crippen MR) is 134 cm³/mol. The third-order valence-electron chi connectivity index (χ3n) is 5.71. The van der Waals surface area contributed by atoms with Crippen molar-refractivity contribution < 1.29 is 14.7 Å². The Hall–Kier alpha value is -3.55. The van der Waals surface area contributed by atoms with E-state index < -0.39 is 5.97 Å². The van der Waals surface area contributed by atoms with Crippen molar-refractivity contribution in [3.05, 3.63) is 82.2 Å². The van der Waals surface area contributed by atoms with Crippen LogP contribution in [0.2, 0.25) is 0 Å². The van der Waals surface area contributed by atoms with E-state index in [1.807, 2.05) is 31.2 Å². The molecule has 1 heterocycles. The lowest BCUT2D eigenvalue weighted by Gasteiger charge is -2.21. The summed E-state index contributed by atoms with van der Waals surface area (Å²) in [6, 6.07) is 14.2. The zero-order chi connectivity index (χ0) is 24.8. The second-order valence-corrected chi connectivity index (χ2v) is 8.79. The quantitative estimate of drug-likeness (QED) is 0.381. The first kappa shape index (κ1) is 25.1. The highest BCUT2D eigenvalue weighted by Gasteiger charge is 2.21. The molecule has 178 valence electrons. The normalized spacial score (nSPS) is 11.0. The summed E-state index contributed by atoms with van der Waals surface area (Å²) in [5, 5.41) is 12.0. The highest BCUT2D eigenvalue weighted by atomic mass is 16.4. The third kappa shape index (κ3) is 5.87. The maximum Gasteiger partial charge on any atom is 0.335 e. The van der Waals surface area contributed by atoms with Gasteiger partial charge >= 0.3 is 5.97 Å². The number of nitrogens with one attached hydrogen (secondary N) is 1. The van der Waals surface area contributed by atoms with E-state index in [9.17, 15) is 14.7 Å². The minimum absolute atomic E-state index is 0.0824. The molecule has 34 heavy (non-hydrogen) atoms. The number of benzene rings is 2. The molecule has 0 saturated heterocycles. The van der Waals surface area contributed by atoms with E-state index in [1.54, 1.807) is 12.1 Å². The van der Waals surface area contributed by atoms with Gasteiger partial charge in [-0.15, -0.1) is 0 Å².